The molecule has 0 aliphatic carbocycles. The molecular formula is C16H20N2O4S2. The molecule has 130 valence electrons. The lowest BCUT2D eigenvalue weighted by molar-refractivity contribution is -0.120. The third kappa shape index (κ3) is 5.41. The van der Waals surface area contributed by atoms with Gasteiger partial charge in [-0.15, -0.1) is 11.3 Å². The van der Waals surface area contributed by atoms with E-state index in [0.29, 0.717) is 24.6 Å². The Morgan fingerprint density at radius 3 is 2.54 bits per heavy atom. The second-order valence-corrected chi connectivity index (χ2v) is 8.08. The van der Waals surface area contributed by atoms with Gasteiger partial charge in [-0.1, -0.05) is 24.3 Å². The van der Waals surface area contributed by atoms with Gasteiger partial charge in [-0.3, -0.25) is 4.79 Å². The molecule has 0 unspecified atom stereocenters. The van der Waals surface area contributed by atoms with E-state index in [1.54, 1.807) is 6.07 Å². The number of thiophene rings is 1. The van der Waals surface area contributed by atoms with Crippen LogP contribution in [0.3, 0.4) is 0 Å². The van der Waals surface area contributed by atoms with Crippen LogP contribution in [0.4, 0.5) is 0 Å². The van der Waals surface area contributed by atoms with E-state index in [2.05, 4.69) is 5.32 Å². The zero-order chi connectivity index (χ0) is 17.6. The summed E-state index contributed by atoms with van der Waals surface area (Å²) >= 11 is 1.01. The first-order valence-corrected chi connectivity index (χ1v) is 9.79. The van der Waals surface area contributed by atoms with E-state index in [0.717, 1.165) is 22.5 Å². The number of benzene rings is 1. The molecule has 0 atom stereocenters. The number of carbonyl (C=O) groups excluding carboxylic acids is 1. The molecule has 0 spiro atoms. The van der Waals surface area contributed by atoms with Crippen molar-refractivity contribution in [3.05, 3.63) is 52.4 Å². The van der Waals surface area contributed by atoms with Crippen molar-refractivity contribution in [2.75, 3.05) is 6.61 Å². The molecule has 3 N–H and O–H groups in total. The highest BCUT2D eigenvalue weighted by Crippen LogP contribution is 2.20. The van der Waals surface area contributed by atoms with E-state index in [-0.39, 0.29) is 16.5 Å². The average molecular weight is 368 g/mol. The van der Waals surface area contributed by atoms with Crippen molar-refractivity contribution >= 4 is 27.3 Å². The predicted octanol–water partition coefficient (Wildman–Crippen LogP) is 1.79. The summed E-state index contributed by atoms with van der Waals surface area (Å²) in [4.78, 5) is 12.7. The van der Waals surface area contributed by atoms with Crippen LogP contribution in [0.2, 0.25) is 0 Å². The summed E-state index contributed by atoms with van der Waals surface area (Å²) in [7, 11) is -3.71. The molecule has 8 heteroatoms. The molecule has 0 bridgehead atoms. The normalized spacial score (nSPS) is 11.4. The third-order valence-electron chi connectivity index (χ3n) is 3.31. The number of amides is 1. The Hall–Kier alpha value is -1.74. The van der Waals surface area contributed by atoms with Gasteiger partial charge in [0.25, 0.3) is 0 Å². The molecule has 0 radical (unpaired) electrons. The smallest absolute Gasteiger partial charge is 0.247 e. The fourth-order valence-electron chi connectivity index (χ4n) is 2.10. The maximum Gasteiger partial charge on any atom is 0.247 e. The zero-order valence-electron chi connectivity index (χ0n) is 13.3. The maximum absolute atomic E-state index is 12.1. The monoisotopic (exact) mass is 368 g/mol. The quantitative estimate of drug-likeness (QED) is 0.742. The van der Waals surface area contributed by atoms with Gasteiger partial charge in [0.1, 0.15) is 4.21 Å². The molecule has 1 heterocycles. The minimum Gasteiger partial charge on any atom is -0.377 e. The van der Waals surface area contributed by atoms with Crippen molar-refractivity contribution in [2.24, 2.45) is 5.14 Å². The standard InChI is InChI=1S/C16H20N2O4S2/c1-2-22-11-13-6-4-3-5-12(13)10-18-15(19)9-14-7-8-16(23-14)24(17,20)21/h3-8H,2,9-11H2,1H3,(H,18,19)(H2,17,20,21). The van der Waals surface area contributed by atoms with Crippen LogP contribution in [0.25, 0.3) is 0 Å². The minimum atomic E-state index is -3.71. The number of carbonyl (C=O) groups is 1. The van der Waals surface area contributed by atoms with Gasteiger partial charge in [0.05, 0.1) is 13.0 Å². The van der Waals surface area contributed by atoms with E-state index in [1.807, 2.05) is 31.2 Å². The molecular weight excluding hydrogens is 348 g/mol. The number of primary sulfonamides is 1. The molecule has 24 heavy (non-hydrogen) atoms. The van der Waals surface area contributed by atoms with Crippen molar-refractivity contribution in [1.82, 2.24) is 5.32 Å². The summed E-state index contributed by atoms with van der Waals surface area (Å²) in [5.41, 5.74) is 2.03. The van der Waals surface area contributed by atoms with Gasteiger partial charge >= 0.3 is 0 Å². The Bertz CT molecular complexity index is 800. The fourth-order valence-corrected chi connectivity index (χ4v) is 3.88. The Labute approximate surface area is 145 Å². The number of nitrogens with two attached hydrogens (primary N) is 1. The van der Waals surface area contributed by atoms with Crippen LogP contribution in [0.15, 0.2) is 40.6 Å². The SMILES string of the molecule is CCOCc1ccccc1CNC(=O)Cc1ccc(S(N)(=O)=O)s1. The van der Waals surface area contributed by atoms with E-state index < -0.39 is 10.0 Å². The first kappa shape index (κ1) is 18.6. The molecule has 1 amide bonds. The van der Waals surface area contributed by atoms with E-state index >= 15 is 0 Å². The fraction of sp³-hybridized carbons (Fsp3) is 0.312. The number of sulfonamides is 1. The highest BCUT2D eigenvalue weighted by Gasteiger charge is 2.13. The Kier molecular flexibility index (Phi) is 6.50. The summed E-state index contributed by atoms with van der Waals surface area (Å²) in [6, 6.07) is 10.8. The van der Waals surface area contributed by atoms with Crippen LogP contribution in [0, 0.1) is 0 Å². The lowest BCUT2D eigenvalue weighted by Gasteiger charge is -2.10. The van der Waals surface area contributed by atoms with Gasteiger partial charge in [0.2, 0.25) is 15.9 Å². The first-order valence-electron chi connectivity index (χ1n) is 7.43. The first-order chi connectivity index (χ1) is 11.4. The van der Waals surface area contributed by atoms with Gasteiger partial charge < -0.3 is 10.1 Å². The predicted molar refractivity (Wildman–Crippen MR) is 93.0 cm³/mol. The summed E-state index contributed by atoms with van der Waals surface area (Å²) in [6.45, 7) is 3.47. The van der Waals surface area contributed by atoms with Crippen molar-refractivity contribution < 1.29 is 17.9 Å². The molecule has 2 aromatic rings. The van der Waals surface area contributed by atoms with Gasteiger partial charge in [0, 0.05) is 18.0 Å². The molecule has 0 fully saturated rings. The Morgan fingerprint density at radius 2 is 1.92 bits per heavy atom. The number of ether oxygens (including phenoxy) is 1. The van der Waals surface area contributed by atoms with Crippen molar-refractivity contribution in [2.45, 2.75) is 30.7 Å². The molecule has 0 aliphatic heterocycles. The number of nitrogens with one attached hydrogen (secondary N) is 1. The number of rotatable bonds is 8. The molecule has 2 rings (SSSR count). The van der Waals surface area contributed by atoms with E-state index in [9.17, 15) is 13.2 Å². The summed E-state index contributed by atoms with van der Waals surface area (Å²) in [5, 5.41) is 7.91. The summed E-state index contributed by atoms with van der Waals surface area (Å²) in [5.74, 6) is -0.177. The topological polar surface area (TPSA) is 98.5 Å². The second kappa shape index (κ2) is 8.39. The van der Waals surface area contributed by atoms with Crippen LogP contribution in [0.5, 0.6) is 0 Å². The van der Waals surface area contributed by atoms with Crippen LogP contribution >= 0.6 is 11.3 Å². The average Bonchev–Trinajstić information content (AvgIpc) is 3.00. The van der Waals surface area contributed by atoms with Crippen molar-refractivity contribution in [1.29, 1.82) is 0 Å². The van der Waals surface area contributed by atoms with Gasteiger partial charge in [-0.2, -0.15) is 0 Å². The molecule has 6 nitrogen and oxygen atoms in total. The van der Waals surface area contributed by atoms with Gasteiger partial charge in [-0.05, 0) is 30.2 Å². The van der Waals surface area contributed by atoms with Gasteiger partial charge in [0.15, 0.2) is 0 Å². The van der Waals surface area contributed by atoms with Crippen LogP contribution in [-0.2, 0) is 39.1 Å². The van der Waals surface area contributed by atoms with E-state index in [4.69, 9.17) is 9.88 Å². The van der Waals surface area contributed by atoms with Crippen LogP contribution < -0.4 is 10.5 Å². The number of hydrogen-bond donors (Lipinski definition) is 2. The highest BCUT2D eigenvalue weighted by molar-refractivity contribution is 7.91. The van der Waals surface area contributed by atoms with E-state index in [1.165, 1.54) is 6.07 Å². The number of hydrogen-bond acceptors (Lipinski definition) is 5. The minimum absolute atomic E-state index is 0.0624. The summed E-state index contributed by atoms with van der Waals surface area (Å²) in [6.07, 6.45) is 0.119. The Morgan fingerprint density at radius 1 is 1.21 bits per heavy atom. The summed E-state index contributed by atoms with van der Waals surface area (Å²) < 4.78 is 28.0. The lowest BCUT2D eigenvalue weighted by atomic mass is 10.1. The largest absolute Gasteiger partial charge is 0.377 e. The molecule has 0 saturated heterocycles. The van der Waals surface area contributed by atoms with Gasteiger partial charge in [-0.25, -0.2) is 13.6 Å². The van der Waals surface area contributed by atoms with Crippen LogP contribution in [0.1, 0.15) is 22.9 Å². The van der Waals surface area contributed by atoms with Crippen molar-refractivity contribution in [3.63, 3.8) is 0 Å². The highest BCUT2D eigenvalue weighted by atomic mass is 32.2. The molecule has 1 aromatic heterocycles. The van der Waals surface area contributed by atoms with Crippen molar-refractivity contribution in [3.8, 4) is 0 Å². The van der Waals surface area contributed by atoms with Crippen LogP contribution in [-0.4, -0.2) is 20.9 Å². The maximum atomic E-state index is 12.1. The zero-order valence-corrected chi connectivity index (χ0v) is 15.0. The molecule has 0 aliphatic rings. The Balaban J connectivity index is 1.93. The molecule has 1 aromatic carbocycles. The lowest BCUT2D eigenvalue weighted by Crippen LogP contribution is -2.24. The third-order valence-corrected chi connectivity index (χ3v) is 5.83. The molecule has 0 saturated carbocycles. The second-order valence-electron chi connectivity index (χ2n) is 5.13.